The number of rotatable bonds is 5. The number of nitrogens with zero attached hydrogens (tertiary/aromatic N) is 5. The molecule has 0 N–H and O–H groups in total. The number of hydrogen-bond donors (Lipinski definition) is 0. The van der Waals surface area contributed by atoms with Gasteiger partial charge in [0, 0.05) is 32.9 Å². The van der Waals surface area contributed by atoms with E-state index in [0.717, 1.165) is 55.9 Å². The second kappa shape index (κ2) is 7.06. The summed E-state index contributed by atoms with van der Waals surface area (Å²) in [5.41, 5.74) is 0.965. The topological polar surface area (TPSA) is 67.5 Å². The second-order valence-corrected chi connectivity index (χ2v) is 5.94. The van der Waals surface area contributed by atoms with Crippen molar-refractivity contribution in [3.8, 4) is 0 Å². The number of ether oxygens (including phenoxy) is 1. The minimum atomic E-state index is 0.132. The van der Waals surface area contributed by atoms with Crippen LogP contribution in [0.4, 0.5) is 5.82 Å². The maximum absolute atomic E-state index is 5.88. The van der Waals surface area contributed by atoms with Crippen LogP contribution in [0.15, 0.2) is 22.7 Å². The molecule has 124 valence electrons. The highest BCUT2D eigenvalue weighted by Gasteiger charge is 2.23. The first kappa shape index (κ1) is 15.9. The third kappa shape index (κ3) is 4.05. The van der Waals surface area contributed by atoms with E-state index >= 15 is 0 Å². The van der Waals surface area contributed by atoms with Gasteiger partial charge < -0.3 is 14.1 Å². The van der Waals surface area contributed by atoms with Crippen molar-refractivity contribution in [2.75, 3.05) is 38.2 Å². The minimum Gasteiger partial charge on any atom is -0.444 e. The van der Waals surface area contributed by atoms with Crippen molar-refractivity contribution in [3.63, 3.8) is 0 Å². The summed E-state index contributed by atoms with van der Waals surface area (Å²) in [5, 5.41) is 8.04. The average Bonchev–Trinajstić information content (AvgIpc) is 2.86. The van der Waals surface area contributed by atoms with Gasteiger partial charge in [-0.2, -0.15) is 5.10 Å². The van der Waals surface area contributed by atoms with E-state index in [1.54, 1.807) is 6.20 Å². The first-order valence-corrected chi connectivity index (χ1v) is 7.87. The minimum absolute atomic E-state index is 0.132. The maximum atomic E-state index is 5.88. The van der Waals surface area contributed by atoms with E-state index in [4.69, 9.17) is 9.15 Å². The van der Waals surface area contributed by atoms with E-state index in [9.17, 15) is 0 Å². The summed E-state index contributed by atoms with van der Waals surface area (Å²) < 4.78 is 11.6. The van der Waals surface area contributed by atoms with Gasteiger partial charge in [0.15, 0.2) is 5.82 Å². The summed E-state index contributed by atoms with van der Waals surface area (Å²) in [6.45, 7) is 7.89. The summed E-state index contributed by atoms with van der Waals surface area (Å²) in [6.07, 6.45) is 1.81. The molecular formula is C16H23N5O2. The Bertz CT molecular complexity index is 611. The van der Waals surface area contributed by atoms with Gasteiger partial charge in [-0.1, -0.05) is 0 Å². The van der Waals surface area contributed by atoms with E-state index in [0.29, 0.717) is 0 Å². The molecule has 2 aromatic heterocycles. The highest BCUT2D eigenvalue weighted by atomic mass is 16.5. The van der Waals surface area contributed by atoms with Crippen molar-refractivity contribution in [1.82, 2.24) is 20.1 Å². The summed E-state index contributed by atoms with van der Waals surface area (Å²) in [5.74, 6) is 2.53. The van der Waals surface area contributed by atoms with Crippen molar-refractivity contribution in [1.29, 1.82) is 0 Å². The molecule has 0 unspecified atom stereocenters. The molecule has 1 atom stereocenters. The zero-order valence-corrected chi connectivity index (χ0v) is 13.9. The Kier molecular flexibility index (Phi) is 4.88. The Balaban J connectivity index is 1.55. The molecule has 0 aliphatic carbocycles. The normalized spacial score (nSPS) is 19.0. The molecule has 0 saturated carbocycles. The predicted molar refractivity (Wildman–Crippen MR) is 86.3 cm³/mol. The van der Waals surface area contributed by atoms with Crippen LogP contribution in [-0.4, -0.2) is 59.5 Å². The van der Waals surface area contributed by atoms with Crippen LogP contribution in [0.25, 0.3) is 0 Å². The molecule has 0 aromatic carbocycles. The van der Waals surface area contributed by atoms with E-state index in [-0.39, 0.29) is 6.10 Å². The van der Waals surface area contributed by atoms with Crippen LogP contribution in [0, 0.1) is 13.8 Å². The zero-order valence-electron chi connectivity index (χ0n) is 13.9. The van der Waals surface area contributed by atoms with Gasteiger partial charge in [0.25, 0.3) is 0 Å². The van der Waals surface area contributed by atoms with Gasteiger partial charge in [-0.05, 0) is 26.0 Å². The van der Waals surface area contributed by atoms with Crippen LogP contribution in [0.5, 0.6) is 0 Å². The molecule has 23 heavy (non-hydrogen) atoms. The lowest BCUT2D eigenvalue weighted by atomic mass is 10.2. The van der Waals surface area contributed by atoms with Gasteiger partial charge >= 0.3 is 0 Å². The van der Waals surface area contributed by atoms with Crippen molar-refractivity contribution in [3.05, 3.63) is 35.7 Å². The van der Waals surface area contributed by atoms with E-state index in [1.165, 1.54) is 0 Å². The monoisotopic (exact) mass is 317 g/mol. The van der Waals surface area contributed by atoms with Crippen LogP contribution in [0.2, 0.25) is 0 Å². The molecule has 7 heteroatoms. The fourth-order valence-corrected chi connectivity index (χ4v) is 2.73. The third-order valence-corrected chi connectivity index (χ3v) is 4.08. The first-order valence-electron chi connectivity index (χ1n) is 7.87. The smallest absolute Gasteiger partial charge is 0.208 e. The number of likely N-dealkylation sites (N-methyl/N-ethyl adjacent to an activating group) is 1. The molecule has 0 amide bonds. The second-order valence-electron chi connectivity index (χ2n) is 5.94. The molecule has 2 aromatic rings. The standard InChI is InChI=1S/C16H23N5O2/c1-12-13(2)23-16(18-12)11-21-7-8-22-14(10-21)9-20(3)15-5-4-6-17-19-15/h4-6,14H,7-11H2,1-3H3/t14-/m1/s1. The Morgan fingerprint density at radius 3 is 2.96 bits per heavy atom. The molecule has 0 bridgehead atoms. The quantitative estimate of drug-likeness (QED) is 0.826. The van der Waals surface area contributed by atoms with E-state index in [2.05, 4.69) is 25.0 Å². The van der Waals surface area contributed by atoms with Crippen molar-refractivity contribution in [2.24, 2.45) is 0 Å². The molecule has 1 aliphatic rings. The van der Waals surface area contributed by atoms with Crippen LogP contribution >= 0.6 is 0 Å². The SMILES string of the molecule is Cc1nc(CN2CCO[C@H](CN(C)c3cccnn3)C2)oc1C. The predicted octanol–water partition coefficient (Wildman–Crippen LogP) is 1.42. The third-order valence-electron chi connectivity index (χ3n) is 4.08. The lowest BCUT2D eigenvalue weighted by Crippen LogP contribution is -2.46. The van der Waals surface area contributed by atoms with Crippen LogP contribution < -0.4 is 4.90 Å². The van der Waals surface area contributed by atoms with Crippen molar-refractivity contribution in [2.45, 2.75) is 26.5 Å². The highest BCUT2D eigenvalue weighted by molar-refractivity contribution is 5.35. The highest BCUT2D eigenvalue weighted by Crippen LogP contribution is 2.15. The number of aromatic nitrogens is 3. The number of aryl methyl sites for hydroxylation is 2. The van der Waals surface area contributed by atoms with Gasteiger partial charge in [0.05, 0.1) is 24.9 Å². The average molecular weight is 317 g/mol. The molecule has 0 spiro atoms. The van der Waals surface area contributed by atoms with Gasteiger partial charge in [0.2, 0.25) is 5.89 Å². The molecule has 7 nitrogen and oxygen atoms in total. The van der Waals surface area contributed by atoms with Crippen molar-refractivity contribution >= 4 is 5.82 Å². The van der Waals surface area contributed by atoms with E-state index < -0.39 is 0 Å². The molecule has 1 saturated heterocycles. The summed E-state index contributed by atoms with van der Waals surface area (Å²) in [7, 11) is 2.01. The Morgan fingerprint density at radius 1 is 1.39 bits per heavy atom. The van der Waals surface area contributed by atoms with E-state index in [1.807, 2.05) is 33.0 Å². The number of anilines is 1. The molecule has 0 radical (unpaired) electrons. The van der Waals surface area contributed by atoms with Gasteiger partial charge in [-0.25, -0.2) is 4.98 Å². The number of oxazole rings is 1. The molecule has 3 rings (SSSR count). The number of hydrogen-bond acceptors (Lipinski definition) is 7. The van der Waals surface area contributed by atoms with Crippen LogP contribution in [-0.2, 0) is 11.3 Å². The molecule has 3 heterocycles. The number of morpholine rings is 1. The zero-order chi connectivity index (χ0) is 16.2. The Labute approximate surface area is 136 Å². The molecule has 1 fully saturated rings. The lowest BCUT2D eigenvalue weighted by molar-refractivity contribution is -0.0288. The van der Waals surface area contributed by atoms with Gasteiger partial charge in [-0.15, -0.1) is 5.10 Å². The fraction of sp³-hybridized carbons (Fsp3) is 0.562. The molecular weight excluding hydrogens is 294 g/mol. The fourth-order valence-electron chi connectivity index (χ4n) is 2.73. The van der Waals surface area contributed by atoms with Gasteiger partial charge in [-0.3, -0.25) is 4.90 Å². The van der Waals surface area contributed by atoms with Crippen molar-refractivity contribution < 1.29 is 9.15 Å². The van der Waals surface area contributed by atoms with Crippen LogP contribution in [0.3, 0.4) is 0 Å². The Hall–Kier alpha value is -1.99. The molecule has 1 aliphatic heterocycles. The van der Waals surface area contributed by atoms with Gasteiger partial charge in [0.1, 0.15) is 5.76 Å². The van der Waals surface area contributed by atoms with Crippen LogP contribution in [0.1, 0.15) is 17.3 Å². The Morgan fingerprint density at radius 2 is 2.26 bits per heavy atom. The maximum Gasteiger partial charge on any atom is 0.208 e. The summed E-state index contributed by atoms with van der Waals surface area (Å²) in [4.78, 5) is 8.85. The first-order chi connectivity index (χ1) is 11.1. The lowest BCUT2D eigenvalue weighted by Gasteiger charge is -2.34. The summed E-state index contributed by atoms with van der Waals surface area (Å²) >= 11 is 0. The largest absolute Gasteiger partial charge is 0.444 e. The summed E-state index contributed by atoms with van der Waals surface area (Å²) in [6, 6.07) is 3.84.